The molecule has 1 aromatic carbocycles. The summed E-state index contributed by atoms with van der Waals surface area (Å²) < 4.78 is 44.2. The van der Waals surface area contributed by atoms with Gasteiger partial charge in [-0.2, -0.15) is 8.42 Å². The van der Waals surface area contributed by atoms with Crippen molar-refractivity contribution < 1.29 is 32.0 Å². The molecule has 1 N–H and O–H groups in total. The molecule has 230 valence electrons. The van der Waals surface area contributed by atoms with Crippen molar-refractivity contribution in [1.82, 2.24) is 0 Å². The fourth-order valence-electron chi connectivity index (χ4n) is 4.79. The van der Waals surface area contributed by atoms with E-state index >= 15 is 0 Å². The maximum absolute atomic E-state index is 12.9. The Morgan fingerprint density at radius 3 is 1.38 bits per heavy atom. The number of hydrogen-bond acceptors (Lipinski definition) is 6. The summed E-state index contributed by atoms with van der Waals surface area (Å²) in [5.74, 6) is -1.75. The Balaban J connectivity index is 2.48. The number of carbonyl (C=O) groups excluding carboxylic acids is 2. The van der Waals surface area contributed by atoms with Crippen LogP contribution in [-0.4, -0.2) is 38.1 Å². The van der Waals surface area contributed by atoms with Crippen LogP contribution in [-0.2, 0) is 19.6 Å². The molecule has 0 fully saturated rings. The summed E-state index contributed by atoms with van der Waals surface area (Å²) in [6.07, 6.45) is 22.8. The Morgan fingerprint density at radius 1 is 0.600 bits per heavy atom. The van der Waals surface area contributed by atoms with Gasteiger partial charge in [-0.3, -0.25) is 4.55 Å². The van der Waals surface area contributed by atoms with E-state index in [0.717, 1.165) is 44.6 Å². The van der Waals surface area contributed by atoms with Gasteiger partial charge in [0.05, 0.1) is 24.3 Å². The molecule has 0 radical (unpaired) electrons. The summed E-state index contributed by atoms with van der Waals surface area (Å²) >= 11 is 0. The molecule has 0 spiro atoms. The molecule has 0 atom stereocenters. The molecule has 0 amide bonds. The summed E-state index contributed by atoms with van der Waals surface area (Å²) in [6.45, 7) is 4.71. The van der Waals surface area contributed by atoms with Crippen LogP contribution in [0.25, 0.3) is 0 Å². The highest BCUT2D eigenvalue weighted by Crippen LogP contribution is 2.23. The van der Waals surface area contributed by atoms with Crippen LogP contribution in [0.1, 0.15) is 163 Å². The second-order valence-corrected chi connectivity index (χ2v) is 12.2. The van der Waals surface area contributed by atoms with E-state index in [1.165, 1.54) is 89.2 Å². The van der Waals surface area contributed by atoms with Crippen LogP contribution in [0.2, 0.25) is 0 Å². The van der Waals surface area contributed by atoms with Crippen LogP contribution in [0.5, 0.6) is 0 Å². The maximum Gasteiger partial charge on any atom is 0.340 e. The molecule has 1 aromatic rings. The van der Waals surface area contributed by atoms with Gasteiger partial charge in [0.15, 0.2) is 0 Å². The summed E-state index contributed by atoms with van der Waals surface area (Å²) in [6, 6.07) is 3.72. The smallest absolute Gasteiger partial charge is 0.340 e. The third-order valence-corrected chi connectivity index (χ3v) is 8.09. The Labute approximate surface area is 243 Å². The molecule has 0 bridgehead atoms. The fourth-order valence-corrected chi connectivity index (χ4v) is 5.49. The molecule has 0 aliphatic carbocycles. The molecule has 8 heteroatoms. The van der Waals surface area contributed by atoms with Crippen molar-refractivity contribution in [2.24, 2.45) is 0 Å². The molecular formula is C32H54O7S. The van der Waals surface area contributed by atoms with Gasteiger partial charge in [0.25, 0.3) is 10.1 Å². The number of rotatable bonds is 25. The fraction of sp³-hybridized carbons (Fsp3) is 0.750. The standard InChI is InChI=1S/C32H54O7S/c1-3-5-7-9-11-13-15-17-19-21-26-38-31(33)28-24-23-25-29(40(35,36)37)30(28)32(34)39-27-22-20-18-16-14-12-10-8-6-4-2/h23-25H,3-22,26-27H2,1-2H3,(H,35,36,37). The van der Waals surface area contributed by atoms with Crippen LogP contribution >= 0.6 is 0 Å². The number of benzene rings is 1. The van der Waals surface area contributed by atoms with Crippen LogP contribution in [0, 0.1) is 0 Å². The molecular weight excluding hydrogens is 528 g/mol. The van der Waals surface area contributed by atoms with E-state index in [2.05, 4.69) is 13.8 Å². The summed E-state index contributed by atoms with van der Waals surface area (Å²) in [5.41, 5.74) is -0.680. The first-order chi connectivity index (χ1) is 19.3. The molecule has 7 nitrogen and oxygen atoms in total. The van der Waals surface area contributed by atoms with Crippen molar-refractivity contribution in [1.29, 1.82) is 0 Å². The van der Waals surface area contributed by atoms with Crippen molar-refractivity contribution in [2.75, 3.05) is 13.2 Å². The van der Waals surface area contributed by atoms with E-state index in [0.29, 0.717) is 12.8 Å². The topological polar surface area (TPSA) is 107 Å². The molecule has 0 heterocycles. The lowest BCUT2D eigenvalue weighted by molar-refractivity contribution is 0.0446. The van der Waals surface area contributed by atoms with Gasteiger partial charge in [0, 0.05) is 0 Å². The van der Waals surface area contributed by atoms with Gasteiger partial charge in [0.2, 0.25) is 0 Å². The lowest BCUT2D eigenvalue weighted by Crippen LogP contribution is -2.19. The Hall–Kier alpha value is -1.93. The third-order valence-electron chi connectivity index (χ3n) is 7.19. The van der Waals surface area contributed by atoms with Gasteiger partial charge < -0.3 is 9.47 Å². The van der Waals surface area contributed by atoms with E-state index < -0.39 is 32.5 Å². The zero-order valence-corrected chi connectivity index (χ0v) is 25.9. The molecule has 40 heavy (non-hydrogen) atoms. The summed E-state index contributed by atoms with van der Waals surface area (Å²) in [5, 5.41) is 0. The van der Waals surface area contributed by atoms with E-state index in [9.17, 15) is 22.6 Å². The van der Waals surface area contributed by atoms with Crippen molar-refractivity contribution in [3.63, 3.8) is 0 Å². The number of unbranched alkanes of at least 4 members (excludes halogenated alkanes) is 18. The van der Waals surface area contributed by atoms with Crippen molar-refractivity contribution in [3.8, 4) is 0 Å². The highest BCUT2D eigenvalue weighted by molar-refractivity contribution is 7.86. The van der Waals surface area contributed by atoms with Gasteiger partial charge in [0.1, 0.15) is 4.90 Å². The third kappa shape index (κ3) is 16.4. The first-order valence-corrected chi connectivity index (χ1v) is 17.2. The Kier molecular flexibility index (Phi) is 20.5. The molecule has 1 rings (SSSR count). The highest BCUT2D eigenvalue weighted by atomic mass is 32.2. The first-order valence-electron chi connectivity index (χ1n) is 15.8. The lowest BCUT2D eigenvalue weighted by atomic mass is 10.1. The number of ether oxygens (including phenoxy) is 2. The number of carbonyl (C=O) groups is 2. The largest absolute Gasteiger partial charge is 0.462 e. The maximum atomic E-state index is 12.9. The Morgan fingerprint density at radius 2 is 0.975 bits per heavy atom. The Bertz CT molecular complexity index is 927. The first kappa shape index (κ1) is 36.1. The van der Waals surface area contributed by atoms with Gasteiger partial charge in [-0.25, -0.2) is 9.59 Å². The van der Waals surface area contributed by atoms with Gasteiger partial charge in [-0.1, -0.05) is 135 Å². The summed E-state index contributed by atoms with van der Waals surface area (Å²) in [7, 11) is -4.74. The molecule has 0 aromatic heterocycles. The SMILES string of the molecule is CCCCCCCCCCCCOC(=O)c1cccc(S(=O)(=O)O)c1C(=O)OCCCCCCCCCCCC. The quantitative estimate of drug-likeness (QED) is 0.0696. The zero-order valence-electron chi connectivity index (χ0n) is 25.1. The zero-order chi connectivity index (χ0) is 29.5. The highest BCUT2D eigenvalue weighted by Gasteiger charge is 2.28. The van der Waals surface area contributed by atoms with Gasteiger partial charge in [-0.15, -0.1) is 0 Å². The van der Waals surface area contributed by atoms with E-state index in [1.54, 1.807) is 0 Å². The minimum atomic E-state index is -4.74. The van der Waals surface area contributed by atoms with Crippen LogP contribution in [0.15, 0.2) is 23.1 Å². The van der Waals surface area contributed by atoms with Crippen molar-refractivity contribution in [3.05, 3.63) is 29.3 Å². The molecule has 0 aliphatic heterocycles. The monoisotopic (exact) mass is 582 g/mol. The molecule has 0 saturated carbocycles. The van der Waals surface area contributed by atoms with E-state index in [-0.39, 0.29) is 18.8 Å². The number of hydrogen-bond donors (Lipinski definition) is 1. The predicted octanol–water partition coefficient (Wildman–Crippen LogP) is 9.09. The van der Waals surface area contributed by atoms with E-state index in [1.807, 2.05) is 0 Å². The van der Waals surface area contributed by atoms with E-state index in [4.69, 9.17) is 9.47 Å². The second kappa shape index (κ2) is 22.7. The minimum Gasteiger partial charge on any atom is -0.462 e. The van der Waals surface area contributed by atoms with Crippen molar-refractivity contribution >= 4 is 22.1 Å². The molecule has 0 aliphatic rings. The summed E-state index contributed by atoms with van der Waals surface area (Å²) in [4.78, 5) is 25.0. The minimum absolute atomic E-state index is 0.113. The average Bonchev–Trinajstić information content (AvgIpc) is 2.93. The lowest BCUT2D eigenvalue weighted by Gasteiger charge is -2.13. The second-order valence-electron chi connectivity index (χ2n) is 10.8. The predicted molar refractivity (Wildman–Crippen MR) is 161 cm³/mol. The van der Waals surface area contributed by atoms with Crippen LogP contribution in [0.4, 0.5) is 0 Å². The van der Waals surface area contributed by atoms with Gasteiger partial charge >= 0.3 is 11.9 Å². The number of esters is 2. The normalized spacial score (nSPS) is 11.5. The molecule has 0 unspecified atom stereocenters. The molecule has 0 saturated heterocycles. The van der Waals surface area contributed by atoms with Crippen LogP contribution in [0.3, 0.4) is 0 Å². The van der Waals surface area contributed by atoms with Crippen LogP contribution < -0.4 is 0 Å². The van der Waals surface area contributed by atoms with Crippen molar-refractivity contribution in [2.45, 2.75) is 147 Å². The average molecular weight is 583 g/mol. The van der Waals surface area contributed by atoms with Gasteiger partial charge in [-0.05, 0) is 25.0 Å².